The van der Waals surface area contributed by atoms with Crippen LogP contribution in [0, 0.1) is 5.92 Å². The molecule has 0 aromatic rings. The number of carbonyl (C=O) groups excluding carboxylic acids is 2. The van der Waals surface area contributed by atoms with Crippen molar-refractivity contribution in [3.63, 3.8) is 0 Å². The highest BCUT2D eigenvalue weighted by atomic mass is 16.5. The van der Waals surface area contributed by atoms with Crippen LogP contribution in [0.4, 0.5) is 0 Å². The number of hydrogen-bond acceptors (Lipinski definition) is 3. The smallest absolute Gasteiger partial charge is 0.224 e. The third-order valence-corrected chi connectivity index (χ3v) is 2.50. The van der Waals surface area contributed by atoms with Crippen molar-refractivity contribution in [2.45, 2.75) is 12.5 Å². The Morgan fingerprint density at radius 1 is 1.62 bits per heavy atom. The number of carbonyl (C=O) groups is 2. The van der Waals surface area contributed by atoms with E-state index in [0.717, 1.165) is 12.0 Å². The third kappa shape index (κ3) is 1.35. The van der Waals surface area contributed by atoms with Crippen molar-refractivity contribution in [3.05, 3.63) is 23.8 Å². The van der Waals surface area contributed by atoms with Gasteiger partial charge in [-0.1, -0.05) is 18.2 Å². The summed E-state index contributed by atoms with van der Waals surface area (Å²) in [6.45, 7) is 0.485. The third-order valence-electron chi connectivity index (χ3n) is 2.50. The lowest BCUT2D eigenvalue weighted by atomic mass is 9.88. The number of ketones is 1. The van der Waals surface area contributed by atoms with E-state index in [2.05, 4.69) is 0 Å². The fourth-order valence-corrected chi connectivity index (χ4v) is 1.81. The summed E-state index contributed by atoms with van der Waals surface area (Å²) < 4.78 is 5.26. The lowest BCUT2D eigenvalue weighted by Crippen LogP contribution is -2.28. The Morgan fingerprint density at radius 2 is 2.46 bits per heavy atom. The van der Waals surface area contributed by atoms with Crippen molar-refractivity contribution in [3.8, 4) is 0 Å². The average Bonchev–Trinajstić information content (AvgIpc) is 2.60. The molecular weight excluding hydrogens is 168 g/mol. The number of Topliss-reactive ketones (excluding diaryl/α,β-unsaturated/α-hetero) is 1. The summed E-state index contributed by atoms with van der Waals surface area (Å²) in [6, 6.07) is 0. The predicted molar refractivity (Wildman–Crippen MR) is 46.1 cm³/mol. The fraction of sp³-hybridized carbons (Fsp3) is 0.400. The van der Waals surface area contributed by atoms with E-state index in [1.807, 2.05) is 18.2 Å². The van der Waals surface area contributed by atoms with Crippen LogP contribution in [0.3, 0.4) is 0 Å². The zero-order chi connectivity index (χ0) is 9.26. The Kier molecular flexibility index (Phi) is 2.10. The molecule has 2 aliphatic rings. The minimum absolute atomic E-state index is 0.0997. The van der Waals surface area contributed by atoms with Crippen LogP contribution in [-0.2, 0) is 14.3 Å². The molecule has 0 aromatic carbocycles. The highest BCUT2D eigenvalue weighted by Crippen LogP contribution is 2.32. The molecule has 0 radical (unpaired) electrons. The van der Waals surface area contributed by atoms with Crippen LogP contribution in [0.1, 0.15) is 6.42 Å². The fourth-order valence-electron chi connectivity index (χ4n) is 1.81. The molecule has 13 heavy (non-hydrogen) atoms. The normalized spacial score (nSPS) is 30.9. The van der Waals surface area contributed by atoms with Crippen molar-refractivity contribution >= 4 is 12.1 Å². The van der Waals surface area contributed by atoms with E-state index in [9.17, 15) is 9.59 Å². The SMILES string of the molecule is O=CC(=O)C1OCC2=CC=CCC21. The molecule has 0 bridgehead atoms. The molecule has 0 amide bonds. The number of hydrogen-bond donors (Lipinski definition) is 0. The molecule has 68 valence electrons. The molecule has 1 saturated heterocycles. The second-order valence-corrected chi connectivity index (χ2v) is 3.26. The quantitative estimate of drug-likeness (QED) is 0.460. The van der Waals surface area contributed by atoms with Crippen LogP contribution < -0.4 is 0 Å². The van der Waals surface area contributed by atoms with Crippen LogP contribution in [-0.4, -0.2) is 24.8 Å². The largest absolute Gasteiger partial charge is 0.365 e. The molecule has 1 heterocycles. The number of aldehydes is 1. The van der Waals surface area contributed by atoms with E-state index in [0.29, 0.717) is 12.9 Å². The summed E-state index contributed by atoms with van der Waals surface area (Å²) in [5.41, 5.74) is 1.13. The topological polar surface area (TPSA) is 43.4 Å². The maximum absolute atomic E-state index is 11.1. The van der Waals surface area contributed by atoms with Gasteiger partial charge in [-0.15, -0.1) is 0 Å². The van der Waals surface area contributed by atoms with Gasteiger partial charge < -0.3 is 4.74 Å². The number of fused-ring (bicyclic) bond motifs is 1. The predicted octanol–water partition coefficient (Wildman–Crippen LogP) is 0.656. The van der Waals surface area contributed by atoms with Gasteiger partial charge in [0.2, 0.25) is 5.78 Å². The Balaban J connectivity index is 2.18. The van der Waals surface area contributed by atoms with E-state index in [4.69, 9.17) is 4.74 Å². The Bertz CT molecular complexity index is 301. The van der Waals surface area contributed by atoms with Gasteiger partial charge in [-0.25, -0.2) is 0 Å². The molecule has 2 unspecified atom stereocenters. The van der Waals surface area contributed by atoms with Gasteiger partial charge in [0, 0.05) is 5.92 Å². The molecule has 0 N–H and O–H groups in total. The summed E-state index contributed by atoms with van der Waals surface area (Å²) in [5.74, 6) is -0.341. The summed E-state index contributed by atoms with van der Waals surface area (Å²) in [5, 5.41) is 0. The first-order chi connectivity index (χ1) is 6.33. The van der Waals surface area contributed by atoms with Gasteiger partial charge in [0.1, 0.15) is 6.10 Å². The van der Waals surface area contributed by atoms with E-state index >= 15 is 0 Å². The van der Waals surface area contributed by atoms with Crippen LogP contribution in [0.25, 0.3) is 0 Å². The van der Waals surface area contributed by atoms with Crippen molar-refractivity contribution in [2.24, 2.45) is 5.92 Å². The first-order valence-corrected chi connectivity index (χ1v) is 4.29. The summed E-state index contributed by atoms with van der Waals surface area (Å²) in [4.78, 5) is 21.4. The molecule has 0 aromatic heterocycles. The molecule has 1 fully saturated rings. The summed E-state index contributed by atoms with van der Waals surface area (Å²) in [6.07, 6.45) is 6.54. The Labute approximate surface area is 76.1 Å². The molecule has 2 atom stereocenters. The minimum atomic E-state index is -0.534. The highest BCUT2D eigenvalue weighted by molar-refractivity contribution is 6.27. The Morgan fingerprint density at radius 3 is 3.23 bits per heavy atom. The van der Waals surface area contributed by atoms with Crippen LogP contribution in [0.15, 0.2) is 23.8 Å². The second-order valence-electron chi connectivity index (χ2n) is 3.26. The lowest BCUT2D eigenvalue weighted by molar-refractivity contribution is -0.137. The molecule has 2 rings (SSSR count). The van der Waals surface area contributed by atoms with Crippen molar-refractivity contribution in [1.82, 2.24) is 0 Å². The number of allylic oxidation sites excluding steroid dienone is 3. The van der Waals surface area contributed by atoms with Crippen molar-refractivity contribution < 1.29 is 14.3 Å². The molecule has 3 nitrogen and oxygen atoms in total. The molecule has 0 saturated carbocycles. The van der Waals surface area contributed by atoms with Gasteiger partial charge in [-0.2, -0.15) is 0 Å². The molecule has 3 heteroatoms. The van der Waals surface area contributed by atoms with Crippen molar-refractivity contribution in [1.29, 1.82) is 0 Å². The summed E-state index contributed by atoms with van der Waals surface area (Å²) >= 11 is 0. The van der Waals surface area contributed by atoms with E-state index < -0.39 is 11.9 Å². The van der Waals surface area contributed by atoms with E-state index in [1.54, 1.807) is 0 Å². The Hall–Kier alpha value is -1.22. The first-order valence-electron chi connectivity index (χ1n) is 4.29. The number of rotatable bonds is 2. The van der Waals surface area contributed by atoms with E-state index in [-0.39, 0.29) is 5.92 Å². The number of ether oxygens (including phenoxy) is 1. The lowest BCUT2D eigenvalue weighted by Gasteiger charge is -2.15. The van der Waals surface area contributed by atoms with E-state index in [1.165, 1.54) is 0 Å². The molecule has 1 aliphatic heterocycles. The van der Waals surface area contributed by atoms with Gasteiger partial charge in [-0.3, -0.25) is 9.59 Å². The monoisotopic (exact) mass is 178 g/mol. The van der Waals surface area contributed by atoms with Gasteiger partial charge in [0.15, 0.2) is 6.29 Å². The zero-order valence-corrected chi connectivity index (χ0v) is 7.10. The van der Waals surface area contributed by atoms with Gasteiger partial charge >= 0.3 is 0 Å². The van der Waals surface area contributed by atoms with Crippen LogP contribution in [0.2, 0.25) is 0 Å². The maximum Gasteiger partial charge on any atom is 0.224 e. The summed E-state index contributed by atoms with van der Waals surface area (Å²) in [7, 11) is 0. The standard InChI is InChI=1S/C10H10O3/c11-5-9(12)10-8-4-2-1-3-7(8)6-13-10/h1-3,5,8,10H,4,6H2. The first kappa shape index (κ1) is 8.38. The van der Waals surface area contributed by atoms with Crippen LogP contribution >= 0.6 is 0 Å². The molecule has 0 spiro atoms. The molecular formula is C10H10O3. The second kappa shape index (κ2) is 3.26. The van der Waals surface area contributed by atoms with Crippen LogP contribution in [0.5, 0.6) is 0 Å². The highest BCUT2D eigenvalue weighted by Gasteiger charge is 2.36. The average molecular weight is 178 g/mol. The zero-order valence-electron chi connectivity index (χ0n) is 7.10. The minimum Gasteiger partial charge on any atom is -0.365 e. The van der Waals surface area contributed by atoms with Gasteiger partial charge in [0.25, 0.3) is 0 Å². The molecule has 1 aliphatic carbocycles. The van der Waals surface area contributed by atoms with Gasteiger partial charge in [0.05, 0.1) is 6.61 Å². The van der Waals surface area contributed by atoms with Gasteiger partial charge in [-0.05, 0) is 12.0 Å². The van der Waals surface area contributed by atoms with Crippen molar-refractivity contribution in [2.75, 3.05) is 6.61 Å². The maximum atomic E-state index is 11.1.